The number of thiophene rings is 2. The number of nitrogens with one attached hydrogen (secondary N) is 1. The highest BCUT2D eigenvalue weighted by molar-refractivity contribution is 7.16. The summed E-state index contributed by atoms with van der Waals surface area (Å²) in [7, 11) is 0. The first-order chi connectivity index (χ1) is 13.5. The second-order valence-electron chi connectivity index (χ2n) is 6.78. The minimum atomic E-state index is -0.597. The molecule has 0 aromatic carbocycles. The first kappa shape index (κ1) is 20.2. The molecule has 1 amide bonds. The van der Waals surface area contributed by atoms with Crippen molar-refractivity contribution in [3.63, 3.8) is 0 Å². The van der Waals surface area contributed by atoms with E-state index in [-0.39, 0.29) is 18.6 Å². The topological polar surface area (TPSA) is 96.3 Å². The summed E-state index contributed by atoms with van der Waals surface area (Å²) in [6.45, 7) is 1.74. The van der Waals surface area contributed by atoms with Gasteiger partial charge in [0.15, 0.2) is 12.4 Å². The van der Waals surface area contributed by atoms with Gasteiger partial charge in [0.25, 0.3) is 5.91 Å². The monoisotopic (exact) mass is 416 g/mol. The predicted molar refractivity (Wildman–Crippen MR) is 108 cm³/mol. The Bertz CT molecular complexity index is 925. The molecule has 8 heteroatoms. The molecule has 0 fully saturated rings. The zero-order valence-corrected chi connectivity index (χ0v) is 17.1. The number of rotatable bonds is 7. The Labute approximate surface area is 171 Å². The Balaban J connectivity index is 1.49. The SMILES string of the molecule is C[C@@H]1CCc2c(sc(NC(=O)COC(=O)CCC(=O)c3cccs3)c2C#N)C1. The van der Waals surface area contributed by atoms with Crippen LogP contribution in [0.2, 0.25) is 0 Å². The number of esters is 1. The molecular weight excluding hydrogens is 396 g/mol. The number of ketones is 1. The maximum atomic E-state index is 12.1. The van der Waals surface area contributed by atoms with E-state index in [1.165, 1.54) is 22.7 Å². The molecule has 0 saturated carbocycles. The number of fused-ring (bicyclic) bond motifs is 1. The van der Waals surface area contributed by atoms with Crippen molar-refractivity contribution < 1.29 is 19.1 Å². The normalized spacial score (nSPS) is 15.4. The second kappa shape index (κ2) is 9.13. The Morgan fingerprint density at radius 3 is 2.89 bits per heavy atom. The van der Waals surface area contributed by atoms with Crippen LogP contribution in [0.4, 0.5) is 5.00 Å². The Morgan fingerprint density at radius 2 is 2.18 bits per heavy atom. The van der Waals surface area contributed by atoms with Gasteiger partial charge in [-0.2, -0.15) is 5.26 Å². The van der Waals surface area contributed by atoms with Crippen molar-refractivity contribution in [2.24, 2.45) is 5.92 Å². The van der Waals surface area contributed by atoms with Crippen LogP contribution in [0, 0.1) is 17.2 Å². The minimum absolute atomic E-state index is 0.0510. The molecule has 0 unspecified atom stereocenters. The first-order valence-corrected chi connectivity index (χ1v) is 10.7. The summed E-state index contributed by atoms with van der Waals surface area (Å²) in [5.74, 6) is -0.631. The molecule has 1 aliphatic rings. The zero-order chi connectivity index (χ0) is 20.1. The summed E-state index contributed by atoms with van der Waals surface area (Å²) in [5.41, 5.74) is 1.55. The lowest BCUT2D eigenvalue weighted by molar-refractivity contribution is -0.147. The molecule has 1 N–H and O–H groups in total. The number of ether oxygens (including phenoxy) is 1. The molecule has 2 aromatic rings. The number of carbonyl (C=O) groups is 3. The molecule has 0 saturated heterocycles. The molecule has 0 bridgehead atoms. The number of amides is 1. The summed E-state index contributed by atoms with van der Waals surface area (Å²) in [4.78, 5) is 37.5. The van der Waals surface area contributed by atoms with Gasteiger partial charge in [0.1, 0.15) is 11.1 Å². The maximum Gasteiger partial charge on any atom is 0.306 e. The van der Waals surface area contributed by atoms with Crippen LogP contribution < -0.4 is 5.32 Å². The van der Waals surface area contributed by atoms with E-state index >= 15 is 0 Å². The molecule has 146 valence electrons. The molecule has 0 radical (unpaired) electrons. The lowest BCUT2D eigenvalue weighted by atomic mass is 9.89. The zero-order valence-electron chi connectivity index (χ0n) is 15.4. The number of nitriles is 1. The van der Waals surface area contributed by atoms with E-state index < -0.39 is 18.5 Å². The molecular formula is C20H20N2O4S2. The number of nitrogens with zero attached hydrogens (tertiary/aromatic N) is 1. The van der Waals surface area contributed by atoms with Crippen LogP contribution in [-0.2, 0) is 27.2 Å². The van der Waals surface area contributed by atoms with E-state index in [0.29, 0.717) is 21.4 Å². The highest BCUT2D eigenvalue weighted by atomic mass is 32.1. The third-order valence-corrected chi connectivity index (χ3v) is 6.67. The van der Waals surface area contributed by atoms with E-state index in [1.807, 2.05) is 0 Å². The third-order valence-electron chi connectivity index (χ3n) is 4.59. The molecule has 1 aliphatic carbocycles. The molecule has 2 heterocycles. The molecule has 0 spiro atoms. The number of hydrogen-bond acceptors (Lipinski definition) is 7. The van der Waals surface area contributed by atoms with Crippen LogP contribution in [0.25, 0.3) is 0 Å². The van der Waals surface area contributed by atoms with Crippen LogP contribution in [-0.4, -0.2) is 24.3 Å². The van der Waals surface area contributed by atoms with E-state index in [2.05, 4.69) is 18.3 Å². The van der Waals surface area contributed by atoms with Crippen molar-refractivity contribution in [2.75, 3.05) is 11.9 Å². The van der Waals surface area contributed by atoms with Gasteiger partial charge in [0.05, 0.1) is 16.9 Å². The van der Waals surface area contributed by atoms with Crippen LogP contribution in [0.3, 0.4) is 0 Å². The van der Waals surface area contributed by atoms with Gasteiger partial charge in [0.2, 0.25) is 0 Å². The van der Waals surface area contributed by atoms with E-state index in [4.69, 9.17) is 4.74 Å². The number of anilines is 1. The summed E-state index contributed by atoms with van der Waals surface area (Å²) >= 11 is 2.75. The van der Waals surface area contributed by atoms with Gasteiger partial charge >= 0.3 is 5.97 Å². The van der Waals surface area contributed by atoms with Gasteiger partial charge in [-0.25, -0.2) is 0 Å². The Morgan fingerprint density at radius 1 is 1.36 bits per heavy atom. The predicted octanol–water partition coefficient (Wildman–Crippen LogP) is 3.95. The van der Waals surface area contributed by atoms with Crippen LogP contribution >= 0.6 is 22.7 Å². The maximum absolute atomic E-state index is 12.1. The lowest BCUT2D eigenvalue weighted by Gasteiger charge is -2.17. The molecule has 0 aliphatic heterocycles. The minimum Gasteiger partial charge on any atom is -0.456 e. The fourth-order valence-electron chi connectivity index (χ4n) is 3.11. The first-order valence-electron chi connectivity index (χ1n) is 9.04. The van der Waals surface area contributed by atoms with Crippen LogP contribution in [0.5, 0.6) is 0 Å². The quantitative estimate of drug-likeness (QED) is 0.544. The summed E-state index contributed by atoms with van der Waals surface area (Å²) in [5, 5.41) is 14.5. The van der Waals surface area contributed by atoms with Crippen molar-refractivity contribution in [3.8, 4) is 6.07 Å². The number of hydrogen-bond donors (Lipinski definition) is 1. The Hall–Kier alpha value is -2.50. The van der Waals surface area contributed by atoms with E-state index in [0.717, 1.165) is 29.7 Å². The summed E-state index contributed by atoms with van der Waals surface area (Å²) < 4.78 is 4.96. The van der Waals surface area contributed by atoms with Crippen molar-refractivity contribution >= 4 is 45.3 Å². The highest BCUT2D eigenvalue weighted by Crippen LogP contribution is 2.39. The third kappa shape index (κ3) is 4.86. The van der Waals surface area contributed by atoms with Gasteiger partial charge in [0, 0.05) is 11.3 Å². The fraction of sp³-hybridized carbons (Fsp3) is 0.400. The number of carbonyl (C=O) groups excluding carboxylic acids is 3. The van der Waals surface area contributed by atoms with Crippen LogP contribution in [0.1, 0.15) is 51.9 Å². The molecule has 2 aromatic heterocycles. The molecule has 1 atom stereocenters. The van der Waals surface area contributed by atoms with Crippen molar-refractivity contribution in [2.45, 2.75) is 39.0 Å². The lowest BCUT2D eigenvalue weighted by Crippen LogP contribution is -2.21. The Kier molecular flexibility index (Phi) is 6.60. The average Bonchev–Trinajstić information content (AvgIpc) is 3.31. The smallest absolute Gasteiger partial charge is 0.306 e. The number of Topliss-reactive ketones (excluding diaryl/α,β-unsaturated/α-hetero) is 1. The van der Waals surface area contributed by atoms with Crippen molar-refractivity contribution in [1.29, 1.82) is 5.26 Å². The van der Waals surface area contributed by atoms with Gasteiger partial charge in [-0.15, -0.1) is 22.7 Å². The van der Waals surface area contributed by atoms with E-state index in [9.17, 15) is 19.6 Å². The summed E-state index contributed by atoms with van der Waals surface area (Å²) in [6, 6.07) is 5.67. The molecule has 28 heavy (non-hydrogen) atoms. The average molecular weight is 417 g/mol. The standard InChI is InChI=1S/C20H20N2O4S2/c1-12-4-5-13-14(10-21)20(28-17(13)9-12)22-18(24)11-26-19(25)7-6-15(23)16-3-2-8-27-16/h2-3,8,12H,4-7,9,11H2,1H3,(H,22,24)/t12-/m1/s1. The second-order valence-corrected chi connectivity index (χ2v) is 8.83. The van der Waals surface area contributed by atoms with Gasteiger partial charge in [-0.3, -0.25) is 14.4 Å². The molecule has 3 rings (SSSR count). The van der Waals surface area contributed by atoms with Crippen molar-refractivity contribution in [1.82, 2.24) is 0 Å². The van der Waals surface area contributed by atoms with Gasteiger partial charge in [-0.05, 0) is 42.2 Å². The van der Waals surface area contributed by atoms with Gasteiger partial charge < -0.3 is 10.1 Å². The molecule has 6 nitrogen and oxygen atoms in total. The largest absolute Gasteiger partial charge is 0.456 e. The van der Waals surface area contributed by atoms with E-state index in [1.54, 1.807) is 17.5 Å². The van der Waals surface area contributed by atoms with Crippen molar-refractivity contribution in [3.05, 3.63) is 38.4 Å². The summed E-state index contributed by atoms with van der Waals surface area (Å²) in [6.07, 6.45) is 2.78. The fourth-order valence-corrected chi connectivity index (χ4v) is 5.19. The van der Waals surface area contributed by atoms with Crippen LogP contribution in [0.15, 0.2) is 17.5 Å². The van der Waals surface area contributed by atoms with Gasteiger partial charge in [-0.1, -0.05) is 13.0 Å². The highest BCUT2D eigenvalue weighted by Gasteiger charge is 2.24.